The summed E-state index contributed by atoms with van der Waals surface area (Å²) in [6, 6.07) is 10.6. The van der Waals surface area contributed by atoms with E-state index in [9.17, 15) is 5.11 Å². The van der Waals surface area contributed by atoms with Crippen molar-refractivity contribution in [2.24, 2.45) is 0 Å². The smallest absolute Gasteiger partial charge is 0.0923 e. The fourth-order valence-corrected chi connectivity index (χ4v) is 4.52. The second-order valence-corrected chi connectivity index (χ2v) is 6.95. The summed E-state index contributed by atoms with van der Waals surface area (Å²) in [6.45, 7) is 4.23. The minimum atomic E-state index is -0.399. The molecule has 3 aromatic rings. The molecular weight excluding hydrogens is 272 g/mol. The lowest BCUT2D eigenvalue weighted by molar-refractivity contribution is 0.182. The van der Waals surface area contributed by atoms with E-state index in [4.69, 9.17) is 0 Å². The third-order valence-electron chi connectivity index (χ3n) is 3.53. The lowest BCUT2D eigenvalue weighted by atomic mass is 9.97. The van der Waals surface area contributed by atoms with Crippen LogP contribution < -0.4 is 0 Å². The highest BCUT2D eigenvalue weighted by Gasteiger charge is 2.15. The number of hydrogen-bond donors (Lipinski definition) is 1. The van der Waals surface area contributed by atoms with Crippen LogP contribution in [0.4, 0.5) is 0 Å². The molecule has 0 saturated heterocycles. The van der Waals surface area contributed by atoms with Crippen molar-refractivity contribution in [1.29, 1.82) is 0 Å². The largest absolute Gasteiger partial charge is 0.387 e. The summed E-state index contributed by atoms with van der Waals surface area (Å²) in [5, 5.41) is 12.6. The summed E-state index contributed by atoms with van der Waals surface area (Å²) in [4.78, 5) is 1.07. The average molecular weight is 288 g/mol. The SMILES string of the molecule is Cc1cccc(C)c1CC(O)c1cc2sccc2s1. The second kappa shape index (κ2) is 5.08. The van der Waals surface area contributed by atoms with Gasteiger partial charge in [0.25, 0.3) is 0 Å². The van der Waals surface area contributed by atoms with Crippen LogP contribution in [-0.4, -0.2) is 5.11 Å². The molecule has 0 aliphatic heterocycles. The van der Waals surface area contributed by atoms with Crippen LogP contribution in [-0.2, 0) is 6.42 Å². The topological polar surface area (TPSA) is 20.2 Å². The van der Waals surface area contributed by atoms with Gasteiger partial charge >= 0.3 is 0 Å². The van der Waals surface area contributed by atoms with E-state index >= 15 is 0 Å². The van der Waals surface area contributed by atoms with Gasteiger partial charge in [-0.25, -0.2) is 0 Å². The zero-order chi connectivity index (χ0) is 13.4. The zero-order valence-electron chi connectivity index (χ0n) is 11.0. The van der Waals surface area contributed by atoms with E-state index in [2.05, 4.69) is 49.6 Å². The highest BCUT2D eigenvalue weighted by atomic mass is 32.1. The quantitative estimate of drug-likeness (QED) is 0.730. The normalized spacial score (nSPS) is 13.0. The van der Waals surface area contributed by atoms with Crippen molar-refractivity contribution in [3.05, 3.63) is 57.3 Å². The molecule has 0 aliphatic carbocycles. The van der Waals surface area contributed by atoms with Crippen LogP contribution in [0.5, 0.6) is 0 Å². The Morgan fingerprint density at radius 1 is 1.11 bits per heavy atom. The first-order valence-electron chi connectivity index (χ1n) is 6.35. The first-order chi connectivity index (χ1) is 9.15. The van der Waals surface area contributed by atoms with Crippen molar-refractivity contribution in [2.75, 3.05) is 0 Å². The molecule has 0 amide bonds. The standard InChI is InChI=1S/C16H16OS2/c1-10-4-3-5-11(2)12(10)8-13(17)15-9-16-14(19-15)6-7-18-16/h3-7,9,13,17H,8H2,1-2H3. The molecule has 1 nitrogen and oxygen atoms in total. The molecule has 0 aliphatic rings. The highest BCUT2D eigenvalue weighted by Crippen LogP contribution is 2.35. The summed E-state index contributed by atoms with van der Waals surface area (Å²) >= 11 is 3.44. The third kappa shape index (κ3) is 2.46. The molecule has 0 bridgehead atoms. The van der Waals surface area contributed by atoms with Gasteiger partial charge in [-0.1, -0.05) is 18.2 Å². The lowest BCUT2D eigenvalue weighted by Gasteiger charge is -2.13. The van der Waals surface area contributed by atoms with Crippen LogP contribution in [0.1, 0.15) is 27.7 Å². The first kappa shape index (κ1) is 12.9. The van der Waals surface area contributed by atoms with Crippen molar-refractivity contribution in [3.63, 3.8) is 0 Å². The van der Waals surface area contributed by atoms with Gasteiger partial charge in [-0.05, 0) is 48.1 Å². The fraction of sp³-hybridized carbons (Fsp3) is 0.250. The third-order valence-corrected chi connectivity index (χ3v) is 5.72. The van der Waals surface area contributed by atoms with Crippen molar-refractivity contribution >= 4 is 32.1 Å². The molecule has 1 atom stereocenters. The van der Waals surface area contributed by atoms with Gasteiger partial charge in [0, 0.05) is 20.7 Å². The van der Waals surface area contributed by atoms with Crippen LogP contribution in [0, 0.1) is 13.8 Å². The van der Waals surface area contributed by atoms with Crippen LogP contribution in [0.15, 0.2) is 35.7 Å². The molecule has 2 aromatic heterocycles. The molecule has 2 heterocycles. The number of aliphatic hydroxyl groups is 1. The molecule has 0 spiro atoms. The van der Waals surface area contributed by atoms with E-state index in [0.717, 1.165) is 4.88 Å². The predicted molar refractivity (Wildman–Crippen MR) is 84.3 cm³/mol. The van der Waals surface area contributed by atoms with Crippen LogP contribution in [0.25, 0.3) is 9.40 Å². The maximum absolute atomic E-state index is 10.5. The summed E-state index contributed by atoms with van der Waals surface area (Å²) in [5.74, 6) is 0. The lowest BCUT2D eigenvalue weighted by Crippen LogP contribution is -2.03. The molecule has 1 N–H and O–H groups in total. The van der Waals surface area contributed by atoms with Gasteiger partial charge in [0.2, 0.25) is 0 Å². The number of aryl methyl sites for hydroxylation is 2. The van der Waals surface area contributed by atoms with Crippen molar-refractivity contribution in [1.82, 2.24) is 0 Å². The number of fused-ring (bicyclic) bond motifs is 1. The van der Waals surface area contributed by atoms with E-state index in [1.54, 1.807) is 22.7 Å². The molecule has 0 fully saturated rings. The number of thiophene rings is 2. The summed E-state index contributed by atoms with van der Waals surface area (Å²) < 4.78 is 2.56. The van der Waals surface area contributed by atoms with Crippen LogP contribution in [0.2, 0.25) is 0 Å². The van der Waals surface area contributed by atoms with Gasteiger partial charge in [-0.3, -0.25) is 0 Å². The van der Waals surface area contributed by atoms with Crippen molar-refractivity contribution < 1.29 is 5.11 Å². The summed E-state index contributed by atoms with van der Waals surface area (Å²) in [7, 11) is 0. The minimum absolute atomic E-state index is 0.399. The van der Waals surface area contributed by atoms with Gasteiger partial charge in [0.1, 0.15) is 0 Å². The fourth-order valence-electron chi connectivity index (χ4n) is 2.41. The number of rotatable bonds is 3. The van der Waals surface area contributed by atoms with Gasteiger partial charge in [0.05, 0.1) is 6.10 Å². The highest BCUT2D eigenvalue weighted by molar-refractivity contribution is 7.26. The molecule has 0 saturated carbocycles. The van der Waals surface area contributed by atoms with Crippen molar-refractivity contribution in [3.8, 4) is 0 Å². The number of aliphatic hydroxyl groups excluding tert-OH is 1. The number of benzene rings is 1. The molecule has 1 aromatic carbocycles. The molecule has 1 unspecified atom stereocenters. The van der Waals surface area contributed by atoms with Gasteiger partial charge in [0.15, 0.2) is 0 Å². The Hall–Kier alpha value is -1.16. The molecular formula is C16H16OS2. The Balaban J connectivity index is 1.88. The van der Waals surface area contributed by atoms with Crippen LogP contribution in [0.3, 0.4) is 0 Å². The Morgan fingerprint density at radius 3 is 2.53 bits per heavy atom. The minimum Gasteiger partial charge on any atom is -0.387 e. The Bertz CT molecular complexity index is 660. The first-order valence-corrected chi connectivity index (χ1v) is 8.05. The van der Waals surface area contributed by atoms with Gasteiger partial charge in [-0.2, -0.15) is 0 Å². The van der Waals surface area contributed by atoms with Crippen molar-refractivity contribution in [2.45, 2.75) is 26.4 Å². The zero-order valence-corrected chi connectivity index (χ0v) is 12.6. The molecule has 0 radical (unpaired) electrons. The average Bonchev–Trinajstić information content (AvgIpc) is 2.94. The van der Waals surface area contributed by atoms with E-state index in [1.807, 2.05) is 0 Å². The van der Waals surface area contributed by atoms with Crippen LogP contribution >= 0.6 is 22.7 Å². The molecule has 3 heteroatoms. The molecule has 19 heavy (non-hydrogen) atoms. The summed E-state index contributed by atoms with van der Waals surface area (Å²) in [6.07, 6.45) is 0.302. The van der Waals surface area contributed by atoms with E-state index in [1.165, 1.54) is 26.1 Å². The van der Waals surface area contributed by atoms with E-state index < -0.39 is 6.10 Å². The second-order valence-electron chi connectivity index (χ2n) is 4.89. The van der Waals surface area contributed by atoms with Gasteiger partial charge < -0.3 is 5.11 Å². The Kier molecular flexibility index (Phi) is 3.44. The Labute approximate surface area is 121 Å². The van der Waals surface area contributed by atoms with Gasteiger partial charge in [-0.15, -0.1) is 22.7 Å². The molecule has 98 valence electrons. The van der Waals surface area contributed by atoms with E-state index in [0.29, 0.717) is 6.42 Å². The van der Waals surface area contributed by atoms with E-state index in [-0.39, 0.29) is 0 Å². The maximum atomic E-state index is 10.5. The molecule has 3 rings (SSSR count). The number of hydrogen-bond acceptors (Lipinski definition) is 3. The summed E-state index contributed by atoms with van der Waals surface area (Å²) in [5.41, 5.74) is 3.79. The monoisotopic (exact) mass is 288 g/mol. The Morgan fingerprint density at radius 2 is 1.84 bits per heavy atom. The maximum Gasteiger partial charge on any atom is 0.0923 e. The predicted octanol–water partition coefficient (Wildman–Crippen LogP) is 4.86.